The maximum atomic E-state index is 11.0. The molecule has 0 radical (unpaired) electrons. The number of rotatable bonds is 3. The van der Waals surface area contributed by atoms with Gasteiger partial charge in [0.15, 0.2) is 0 Å². The molecule has 1 aromatic heterocycles. The van der Waals surface area contributed by atoms with Crippen LogP contribution in [0.4, 0.5) is 17.3 Å². The van der Waals surface area contributed by atoms with E-state index < -0.39 is 5.97 Å². The highest BCUT2D eigenvalue weighted by molar-refractivity contribution is 5.95. The highest BCUT2D eigenvalue weighted by Gasteiger charge is 2.08. The minimum Gasteiger partial charge on any atom is -0.478 e. The molecular formula is C11H10N4O2. The van der Waals surface area contributed by atoms with Crippen LogP contribution in [0.25, 0.3) is 0 Å². The van der Waals surface area contributed by atoms with Crippen molar-refractivity contribution in [2.75, 3.05) is 11.1 Å². The number of benzene rings is 1. The molecule has 1 heterocycles. The van der Waals surface area contributed by atoms with Crippen molar-refractivity contribution in [1.82, 2.24) is 9.97 Å². The first-order valence-corrected chi connectivity index (χ1v) is 4.83. The third kappa shape index (κ3) is 2.49. The average molecular weight is 230 g/mol. The number of carboxylic acids is 1. The molecule has 6 nitrogen and oxygen atoms in total. The number of nitrogens with zero attached hydrogens (tertiary/aromatic N) is 2. The van der Waals surface area contributed by atoms with E-state index in [1.54, 1.807) is 18.2 Å². The topological polar surface area (TPSA) is 101 Å². The number of hydrogen-bond donors (Lipinski definition) is 3. The van der Waals surface area contributed by atoms with Crippen molar-refractivity contribution in [1.29, 1.82) is 0 Å². The normalized spacial score (nSPS) is 9.88. The fraction of sp³-hybridized carbons (Fsp3) is 0. The van der Waals surface area contributed by atoms with Crippen LogP contribution in [0.5, 0.6) is 0 Å². The van der Waals surface area contributed by atoms with Crippen LogP contribution in [0.1, 0.15) is 10.4 Å². The lowest BCUT2D eigenvalue weighted by molar-refractivity contribution is 0.0698. The van der Waals surface area contributed by atoms with Crippen molar-refractivity contribution in [2.24, 2.45) is 0 Å². The van der Waals surface area contributed by atoms with Crippen LogP contribution in [-0.4, -0.2) is 21.0 Å². The quantitative estimate of drug-likeness (QED) is 0.738. The van der Waals surface area contributed by atoms with Crippen LogP contribution in [0.3, 0.4) is 0 Å². The maximum Gasteiger partial charge on any atom is 0.337 e. The Hall–Kier alpha value is -2.63. The van der Waals surface area contributed by atoms with Gasteiger partial charge in [-0.25, -0.2) is 14.8 Å². The molecule has 0 saturated heterocycles. The van der Waals surface area contributed by atoms with Crippen molar-refractivity contribution in [3.63, 3.8) is 0 Å². The molecule has 0 aliphatic heterocycles. The fourth-order valence-electron chi connectivity index (χ4n) is 1.34. The second kappa shape index (κ2) is 4.48. The summed E-state index contributed by atoms with van der Waals surface area (Å²) in [6.07, 6.45) is 2.97. The molecule has 0 saturated carbocycles. The van der Waals surface area contributed by atoms with Gasteiger partial charge in [0.2, 0.25) is 5.95 Å². The molecule has 0 spiro atoms. The number of carboxylic acid groups (broad SMARTS) is 1. The highest BCUT2D eigenvalue weighted by atomic mass is 16.4. The van der Waals surface area contributed by atoms with E-state index in [1.165, 1.54) is 18.5 Å². The Bertz CT molecular complexity index is 539. The number of anilines is 3. The predicted octanol–water partition coefficient (Wildman–Crippen LogP) is 1.50. The summed E-state index contributed by atoms with van der Waals surface area (Å²) in [5.74, 6) is -0.827. The number of hydrogen-bond acceptors (Lipinski definition) is 5. The predicted molar refractivity (Wildman–Crippen MR) is 63.1 cm³/mol. The van der Waals surface area contributed by atoms with Crippen LogP contribution in [0, 0.1) is 0 Å². The molecule has 2 aromatic rings. The van der Waals surface area contributed by atoms with Crippen LogP contribution in [-0.2, 0) is 0 Å². The van der Waals surface area contributed by atoms with Gasteiger partial charge in [0.1, 0.15) is 0 Å². The van der Waals surface area contributed by atoms with E-state index in [-0.39, 0.29) is 11.5 Å². The first-order chi connectivity index (χ1) is 8.16. The number of nitrogens with one attached hydrogen (secondary N) is 1. The summed E-state index contributed by atoms with van der Waals surface area (Å²) >= 11 is 0. The van der Waals surface area contributed by atoms with Crippen molar-refractivity contribution in [2.45, 2.75) is 0 Å². The minimum absolute atomic E-state index is 0.169. The standard InChI is InChI=1S/C11H10N4O2/c12-11-13-5-7(6-14-11)15-9-4-2-1-3-8(9)10(16)17/h1-6,15H,(H,16,17)(H2,12,13,14). The summed E-state index contributed by atoms with van der Waals surface area (Å²) in [6, 6.07) is 6.59. The second-order valence-corrected chi connectivity index (χ2v) is 3.31. The zero-order valence-corrected chi connectivity index (χ0v) is 8.79. The second-order valence-electron chi connectivity index (χ2n) is 3.31. The van der Waals surface area contributed by atoms with Crippen molar-refractivity contribution in [3.8, 4) is 0 Å². The summed E-state index contributed by atoms with van der Waals surface area (Å²) in [7, 11) is 0. The van der Waals surface area contributed by atoms with Gasteiger partial charge in [-0.3, -0.25) is 0 Å². The van der Waals surface area contributed by atoms with Gasteiger partial charge in [-0.1, -0.05) is 12.1 Å². The summed E-state index contributed by atoms with van der Waals surface area (Å²) in [4.78, 5) is 18.6. The Morgan fingerprint density at radius 2 is 1.88 bits per heavy atom. The lowest BCUT2D eigenvalue weighted by Crippen LogP contribution is -2.03. The third-order valence-corrected chi connectivity index (χ3v) is 2.11. The molecular weight excluding hydrogens is 220 g/mol. The molecule has 2 rings (SSSR count). The van der Waals surface area contributed by atoms with Crippen molar-refractivity contribution in [3.05, 3.63) is 42.2 Å². The van der Waals surface area contributed by atoms with E-state index in [0.29, 0.717) is 11.4 Å². The van der Waals surface area contributed by atoms with E-state index in [1.807, 2.05) is 0 Å². The molecule has 0 atom stereocenters. The first-order valence-electron chi connectivity index (χ1n) is 4.83. The first kappa shape index (κ1) is 10.9. The number of aromatic nitrogens is 2. The van der Waals surface area contributed by atoms with E-state index >= 15 is 0 Å². The monoisotopic (exact) mass is 230 g/mol. The van der Waals surface area contributed by atoms with Crippen molar-refractivity contribution >= 4 is 23.3 Å². The van der Waals surface area contributed by atoms with Gasteiger partial charge < -0.3 is 16.2 Å². The Balaban J connectivity index is 2.30. The smallest absolute Gasteiger partial charge is 0.337 e. The van der Waals surface area contributed by atoms with E-state index in [0.717, 1.165) is 0 Å². The van der Waals surface area contributed by atoms with Crippen molar-refractivity contribution < 1.29 is 9.90 Å². The number of nitrogens with two attached hydrogens (primary N) is 1. The Kier molecular flexibility index (Phi) is 2.87. The van der Waals surface area contributed by atoms with Gasteiger partial charge in [-0.15, -0.1) is 0 Å². The molecule has 0 aliphatic carbocycles. The molecule has 0 amide bonds. The van der Waals surface area contributed by atoms with Gasteiger partial charge in [0, 0.05) is 0 Å². The largest absolute Gasteiger partial charge is 0.478 e. The molecule has 0 aliphatic rings. The van der Waals surface area contributed by atoms with E-state index in [2.05, 4.69) is 15.3 Å². The lowest BCUT2D eigenvalue weighted by atomic mass is 10.2. The number of nitrogen functional groups attached to an aromatic ring is 1. The van der Waals surface area contributed by atoms with Gasteiger partial charge in [0.05, 0.1) is 29.3 Å². The Morgan fingerprint density at radius 3 is 2.53 bits per heavy atom. The van der Waals surface area contributed by atoms with Crippen LogP contribution >= 0.6 is 0 Å². The van der Waals surface area contributed by atoms with Gasteiger partial charge in [-0.2, -0.15) is 0 Å². The molecule has 86 valence electrons. The number of aromatic carboxylic acids is 1. The maximum absolute atomic E-state index is 11.0. The summed E-state index contributed by atoms with van der Waals surface area (Å²) < 4.78 is 0. The molecule has 0 unspecified atom stereocenters. The van der Waals surface area contributed by atoms with E-state index in [4.69, 9.17) is 10.8 Å². The highest BCUT2D eigenvalue weighted by Crippen LogP contribution is 2.19. The molecule has 0 fully saturated rings. The Labute approximate surface area is 97.1 Å². The molecule has 4 N–H and O–H groups in total. The SMILES string of the molecule is Nc1ncc(Nc2ccccc2C(=O)O)cn1. The zero-order chi connectivity index (χ0) is 12.3. The van der Waals surface area contributed by atoms with Crippen LogP contribution in [0.15, 0.2) is 36.7 Å². The van der Waals surface area contributed by atoms with Crippen LogP contribution in [0.2, 0.25) is 0 Å². The number of para-hydroxylation sites is 1. The van der Waals surface area contributed by atoms with Gasteiger partial charge >= 0.3 is 5.97 Å². The average Bonchev–Trinajstić information content (AvgIpc) is 2.32. The number of carbonyl (C=O) groups is 1. The van der Waals surface area contributed by atoms with Gasteiger partial charge in [-0.05, 0) is 12.1 Å². The fourth-order valence-corrected chi connectivity index (χ4v) is 1.34. The molecule has 17 heavy (non-hydrogen) atoms. The minimum atomic E-state index is -0.996. The molecule has 6 heteroatoms. The zero-order valence-electron chi connectivity index (χ0n) is 8.79. The van der Waals surface area contributed by atoms with Gasteiger partial charge in [0.25, 0.3) is 0 Å². The molecule has 0 bridgehead atoms. The molecule has 1 aromatic carbocycles. The summed E-state index contributed by atoms with van der Waals surface area (Å²) in [5.41, 5.74) is 6.60. The summed E-state index contributed by atoms with van der Waals surface area (Å²) in [5, 5.41) is 11.9. The van der Waals surface area contributed by atoms with Crippen LogP contribution < -0.4 is 11.1 Å². The third-order valence-electron chi connectivity index (χ3n) is 2.11. The van der Waals surface area contributed by atoms with E-state index in [9.17, 15) is 4.79 Å². The summed E-state index contributed by atoms with van der Waals surface area (Å²) in [6.45, 7) is 0. The lowest BCUT2D eigenvalue weighted by Gasteiger charge is -2.08. The Morgan fingerprint density at radius 1 is 1.24 bits per heavy atom.